The van der Waals surface area contributed by atoms with Crippen molar-refractivity contribution in [1.82, 2.24) is 4.72 Å². The van der Waals surface area contributed by atoms with Gasteiger partial charge in [-0.1, -0.05) is 42.3 Å². The van der Waals surface area contributed by atoms with Crippen LogP contribution in [0.25, 0.3) is 11.0 Å². The van der Waals surface area contributed by atoms with Crippen molar-refractivity contribution in [3.8, 4) is 23.8 Å². The Hall–Kier alpha value is -3.73. The largest absolute Gasteiger partial charge is 0.490 e. The van der Waals surface area contributed by atoms with E-state index in [2.05, 4.69) is 10.6 Å². The summed E-state index contributed by atoms with van der Waals surface area (Å²) in [4.78, 5) is 0.0612. The molecule has 1 aliphatic heterocycles. The number of fused-ring (bicyclic) bond motifs is 2. The maximum absolute atomic E-state index is 13.5. The van der Waals surface area contributed by atoms with Gasteiger partial charge in [-0.2, -0.15) is 4.72 Å². The highest BCUT2D eigenvalue weighted by atomic mass is 32.2. The Labute approximate surface area is 192 Å². The normalized spacial score (nSPS) is 14.4. The summed E-state index contributed by atoms with van der Waals surface area (Å²) >= 11 is 0. The van der Waals surface area contributed by atoms with Gasteiger partial charge in [0, 0.05) is 23.4 Å². The summed E-state index contributed by atoms with van der Waals surface area (Å²) < 4.78 is 47.1. The molecule has 0 fully saturated rings. The van der Waals surface area contributed by atoms with Crippen molar-refractivity contribution >= 4 is 21.0 Å². The van der Waals surface area contributed by atoms with Crippen LogP contribution in [0.1, 0.15) is 29.3 Å². The molecule has 3 aromatic carbocycles. The smallest absolute Gasteiger partial charge is 0.241 e. The zero-order valence-electron chi connectivity index (χ0n) is 17.7. The topological polar surface area (TPSA) is 77.8 Å². The van der Waals surface area contributed by atoms with Crippen LogP contribution in [0.3, 0.4) is 0 Å². The summed E-state index contributed by atoms with van der Waals surface area (Å²) in [6.45, 7) is 0.982. The average molecular weight is 460 g/mol. The van der Waals surface area contributed by atoms with Gasteiger partial charge in [-0.3, -0.25) is 0 Å². The Morgan fingerprint density at radius 1 is 0.909 bits per heavy atom. The monoisotopic (exact) mass is 459 g/mol. The lowest BCUT2D eigenvalue weighted by Crippen LogP contribution is -2.29. The molecule has 0 radical (unpaired) electrons. The Balaban J connectivity index is 1.58. The first-order valence-corrected chi connectivity index (χ1v) is 12.0. The molecule has 7 heteroatoms. The highest BCUT2D eigenvalue weighted by Gasteiger charge is 2.28. The van der Waals surface area contributed by atoms with E-state index < -0.39 is 16.1 Å². The molecule has 0 aliphatic carbocycles. The zero-order chi connectivity index (χ0) is 22.8. The van der Waals surface area contributed by atoms with Crippen LogP contribution in [0.15, 0.2) is 82.1 Å². The highest BCUT2D eigenvalue weighted by Crippen LogP contribution is 2.34. The average Bonchev–Trinajstić information content (AvgIpc) is 3.12. The summed E-state index contributed by atoms with van der Waals surface area (Å²) in [5.41, 5.74) is 1.85. The minimum atomic E-state index is -3.98. The third-order valence-electron chi connectivity index (χ3n) is 5.46. The molecule has 1 N–H and O–H groups in total. The maximum Gasteiger partial charge on any atom is 0.241 e. The van der Waals surface area contributed by atoms with Crippen molar-refractivity contribution in [2.24, 2.45) is 0 Å². The molecule has 0 saturated carbocycles. The number of rotatable bonds is 5. The van der Waals surface area contributed by atoms with Gasteiger partial charge in [-0.15, -0.1) is 6.42 Å². The van der Waals surface area contributed by atoms with Gasteiger partial charge in [-0.05, 0) is 35.9 Å². The van der Waals surface area contributed by atoms with Gasteiger partial charge in [0.2, 0.25) is 10.0 Å². The predicted molar refractivity (Wildman–Crippen MR) is 125 cm³/mol. The van der Waals surface area contributed by atoms with E-state index in [9.17, 15) is 8.42 Å². The van der Waals surface area contributed by atoms with Crippen molar-refractivity contribution in [3.05, 3.63) is 89.7 Å². The molecule has 2 heterocycles. The summed E-state index contributed by atoms with van der Waals surface area (Å²) in [5, 5.41) is 0.866. The van der Waals surface area contributed by atoms with Crippen LogP contribution >= 0.6 is 0 Å². The van der Waals surface area contributed by atoms with Gasteiger partial charge >= 0.3 is 0 Å². The van der Waals surface area contributed by atoms with Crippen LogP contribution in [0.4, 0.5) is 0 Å². The Morgan fingerprint density at radius 2 is 1.67 bits per heavy atom. The van der Waals surface area contributed by atoms with E-state index in [4.69, 9.17) is 20.3 Å². The van der Waals surface area contributed by atoms with E-state index >= 15 is 0 Å². The lowest BCUT2D eigenvalue weighted by molar-refractivity contribution is 0.297. The molecule has 0 saturated heterocycles. The van der Waals surface area contributed by atoms with Gasteiger partial charge in [-0.25, -0.2) is 8.42 Å². The van der Waals surface area contributed by atoms with E-state index in [0.717, 1.165) is 11.8 Å². The third kappa shape index (κ3) is 4.19. The molecule has 0 amide bonds. The van der Waals surface area contributed by atoms with Gasteiger partial charge in [0.25, 0.3) is 0 Å². The molecule has 33 heavy (non-hydrogen) atoms. The van der Waals surface area contributed by atoms with Crippen molar-refractivity contribution in [1.29, 1.82) is 0 Å². The summed E-state index contributed by atoms with van der Waals surface area (Å²) in [5.74, 6) is 4.01. The quantitative estimate of drug-likeness (QED) is 0.440. The van der Waals surface area contributed by atoms with E-state index in [1.54, 1.807) is 18.2 Å². The fraction of sp³-hybridized carbons (Fsp3) is 0.154. The van der Waals surface area contributed by atoms with Crippen molar-refractivity contribution in [2.75, 3.05) is 13.2 Å². The number of ether oxygens (including phenoxy) is 2. The molecule has 0 spiro atoms. The summed E-state index contributed by atoms with van der Waals surface area (Å²) in [6.07, 6.45) is 6.45. The van der Waals surface area contributed by atoms with Crippen molar-refractivity contribution in [2.45, 2.75) is 17.4 Å². The number of nitrogens with one attached hydrogen (secondary N) is 1. The van der Waals surface area contributed by atoms with E-state index in [1.807, 2.05) is 42.5 Å². The van der Waals surface area contributed by atoms with Crippen molar-refractivity contribution < 1.29 is 22.3 Å². The van der Waals surface area contributed by atoms with E-state index in [0.29, 0.717) is 47.2 Å². The Bertz CT molecular complexity index is 1430. The van der Waals surface area contributed by atoms with E-state index in [-0.39, 0.29) is 4.90 Å². The van der Waals surface area contributed by atoms with Crippen LogP contribution in [0.5, 0.6) is 11.5 Å². The minimum Gasteiger partial charge on any atom is -0.490 e. The fourth-order valence-corrected chi connectivity index (χ4v) is 5.03. The number of hydrogen-bond acceptors (Lipinski definition) is 5. The maximum atomic E-state index is 13.5. The van der Waals surface area contributed by atoms with Crippen molar-refractivity contribution in [3.63, 3.8) is 0 Å². The standard InChI is InChI=1S/C26H21NO5S/c1-2-18-8-3-5-10-21(18)26(25-16-19-9-4-6-11-22(19)32-25)27-33(28,29)20-12-13-23-24(17-20)31-15-7-14-30-23/h1,3-6,8-13,16-17,26-27H,7,14-15H2/t26-/m1/s1. The molecule has 6 nitrogen and oxygen atoms in total. The second kappa shape index (κ2) is 8.66. The molecule has 4 aromatic rings. The summed E-state index contributed by atoms with van der Waals surface area (Å²) in [6, 6.07) is 20.3. The van der Waals surface area contributed by atoms with Crippen LogP contribution in [-0.2, 0) is 10.0 Å². The molecular weight excluding hydrogens is 438 g/mol. The second-order valence-electron chi connectivity index (χ2n) is 7.63. The van der Waals surface area contributed by atoms with Gasteiger partial charge in [0.15, 0.2) is 11.5 Å². The molecule has 1 aromatic heterocycles. The first kappa shape index (κ1) is 21.1. The first-order valence-electron chi connectivity index (χ1n) is 10.5. The van der Waals surface area contributed by atoms with E-state index in [1.165, 1.54) is 12.1 Å². The number of sulfonamides is 1. The number of hydrogen-bond donors (Lipinski definition) is 1. The number of terminal acetylenes is 1. The number of para-hydroxylation sites is 1. The number of benzene rings is 3. The molecule has 1 aliphatic rings. The van der Waals surface area contributed by atoms with Gasteiger partial charge in [0.05, 0.1) is 18.1 Å². The van der Waals surface area contributed by atoms with Gasteiger partial charge < -0.3 is 13.9 Å². The minimum absolute atomic E-state index is 0.0612. The molecular formula is C26H21NO5S. The SMILES string of the molecule is C#Cc1ccccc1[C@@H](NS(=O)(=O)c1ccc2c(c1)OCCCO2)c1cc2ccccc2o1. The first-order chi connectivity index (χ1) is 16.0. The molecule has 5 rings (SSSR count). The molecule has 0 bridgehead atoms. The lowest BCUT2D eigenvalue weighted by atomic mass is 9.99. The highest BCUT2D eigenvalue weighted by molar-refractivity contribution is 7.89. The zero-order valence-corrected chi connectivity index (χ0v) is 18.5. The fourth-order valence-electron chi connectivity index (χ4n) is 3.83. The summed E-state index contributed by atoms with van der Waals surface area (Å²) in [7, 11) is -3.98. The molecule has 1 atom stereocenters. The van der Waals surface area contributed by atoms with Crippen LogP contribution in [0, 0.1) is 12.3 Å². The lowest BCUT2D eigenvalue weighted by Gasteiger charge is -2.19. The molecule has 0 unspecified atom stereocenters. The van der Waals surface area contributed by atoms with Crippen LogP contribution in [-0.4, -0.2) is 21.6 Å². The predicted octanol–water partition coefficient (Wildman–Crippen LogP) is 4.64. The number of furan rings is 1. The van der Waals surface area contributed by atoms with Gasteiger partial charge in [0.1, 0.15) is 17.4 Å². The second-order valence-corrected chi connectivity index (χ2v) is 9.35. The third-order valence-corrected chi connectivity index (χ3v) is 6.88. The molecule has 166 valence electrons. The van der Waals surface area contributed by atoms with Crippen LogP contribution in [0.2, 0.25) is 0 Å². The Kier molecular flexibility index (Phi) is 5.55. The van der Waals surface area contributed by atoms with Crippen LogP contribution < -0.4 is 14.2 Å². The Morgan fingerprint density at radius 3 is 2.48 bits per heavy atom.